The third kappa shape index (κ3) is 1.83. The van der Waals surface area contributed by atoms with Gasteiger partial charge in [-0.15, -0.1) is 0 Å². The molecular formula is C8H10ClN3O. The van der Waals surface area contributed by atoms with E-state index in [-0.39, 0.29) is 5.91 Å². The summed E-state index contributed by atoms with van der Waals surface area (Å²) in [5, 5.41) is 7.19. The molecule has 2 rings (SSSR count). The Morgan fingerprint density at radius 3 is 2.92 bits per heavy atom. The van der Waals surface area contributed by atoms with Gasteiger partial charge in [-0.2, -0.15) is 5.10 Å². The number of carbonyl (C=O) groups is 1. The molecule has 0 aliphatic heterocycles. The zero-order valence-corrected chi connectivity index (χ0v) is 8.01. The Labute approximate surface area is 80.9 Å². The fraction of sp³-hybridized carbons (Fsp3) is 0.500. The van der Waals surface area contributed by atoms with Gasteiger partial charge in [0.25, 0.3) is 5.91 Å². The molecule has 1 N–H and O–H groups in total. The Hall–Kier alpha value is -1.03. The molecule has 0 saturated heterocycles. The lowest BCUT2D eigenvalue weighted by atomic mass is 10.4. The monoisotopic (exact) mass is 199 g/mol. The van der Waals surface area contributed by atoms with Gasteiger partial charge in [0.1, 0.15) is 0 Å². The average molecular weight is 200 g/mol. The second-order valence-electron chi connectivity index (χ2n) is 3.25. The third-order valence-corrected chi connectivity index (χ3v) is 2.19. The smallest absolute Gasteiger partial charge is 0.273 e. The van der Waals surface area contributed by atoms with Crippen molar-refractivity contribution in [3.63, 3.8) is 0 Å². The predicted molar refractivity (Wildman–Crippen MR) is 48.7 cm³/mol. The first kappa shape index (κ1) is 8.56. The van der Waals surface area contributed by atoms with Crippen LogP contribution in [-0.4, -0.2) is 21.7 Å². The lowest BCUT2D eigenvalue weighted by molar-refractivity contribution is 0.0945. The molecule has 0 bridgehead atoms. The number of aromatic nitrogens is 2. The van der Waals surface area contributed by atoms with Crippen LogP contribution in [0.5, 0.6) is 0 Å². The molecule has 0 spiro atoms. The molecule has 0 atom stereocenters. The zero-order chi connectivity index (χ0) is 9.42. The maximum absolute atomic E-state index is 11.5. The summed E-state index contributed by atoms with van der Waals surface area (Å²) in [6.07, 6.45) is 3.75. The van der Waals surface area contributed by atoms with E-state index in [9.17, 15) is 4.79 Å². The number of hydrogen-bond donors (Lipinski definition) is 1. The van der Waals surface area contributed by atoms with Crippen molar-refractivity contribution in [1.29, 1.82) is 0 Å². The molecule has 70 valence electrons. The number of nitrogens with one attached hydrogen (secondary N) is 1. The minimum atomic E-state index is -0.173. The standard InChI is InChI=1S/C8H10ClN3O/c1-12-4-6(9)7(11-12)8(13)10-5-2-3-5/h4-5H,2-3H2,1H3,(H,10,13). The van der Waals surface area contributed by atoms with E-state index in [1.807, 2.05) is 0 Å². The fourth-order valence-electron chi connectivity index (χ4n) is 1.09. The van der Waals surface area contributed by atoms with Gasteiger partial charge in [0.15, 0.2) is 5.69 Å². The second kappa shape index (κ2) is 3.03. The lowest BCUT2D eigenvalue weighted by Gasteiger charge is -1.98. The summed E-state index contributed by atoms with van der Waals surface area (Å²) >= 11 is 5.80. The molecule has 5 heteroatoms. The second-order valence-corrected chi connectivity index (χ2v) is 3.65. The Balaban J connectivity index is 2.13. The summed E-state index contributed by atoms with van der Waals surface area (Å²) in [4.78, 5) is 11.5. The van der Waals surface area contributed by atoms with Gasteiger partial charge in [0.05, 0.1) is 5.02 Å². The molecule has 13 heavy (non-hydrogen) atoms. The van der Waals surface area contributed by atoms with E-state index in [0.717, 1.165) is 12.8 Å². The molecule has 0 radical (unpaired) electrons. The van der Waals surface area contributed by atoms with Gasteiger partial charge in [-0.25, -0.2) is 0 Å². The highest BCUT2D eigenvalue weighted by molar-refractivity contribution is 6.33. The first-order valence-corrected chi connectivity index (χ1v) is 4.54. The third-order valence-electron chi connectivity index (χ3n) is 1.91. The Morgan fingerprint density at radius 1 is 1.77 bits per heavy atom. The number of amides is 1. The maximum atomic E-state index is 11.5. The van der Waals surface area contributed by atoms with Gasteiger partial charge < -0.3 is 5.32 Å². The number of nitrogens with zero attached hydrogens (tertiary/aromatic N) is 2. The SMILES string of the molecule is Cn1cc(Cl)c(C(=O)NC2CC2)n1. The van der Waals surface area contributed by atoms with Crippen LogP contribution in [0.15, 0.2) is 6.20 Å². The van der Waals surface area contributed by atoms with Gasteiger partial charge in [-0.3, -0.25) is 9.48 Å². The highest BCUT2D eigenvalue weighted by Gasteiger charge is 2.25. The molecule has 0 unspecified atom stereocenters. The summed E-state index contributed by atoms with van der Waals surface area (Å²) < 4.78 is 1.53. The maximum Gasteiger partial charge on any atom is 0.273 e. The van der Waals surface area contributed by atoms with Gasteiger partial charge in [0, 0.05) is 19.3 Å². The summed E-state index contributed by atoms with van der Waals surface area (Å²) in [5.74, 6) is -0.173. The average Bonchev–Trinajstić information content (AvgIpc) is 2.77. The largest absolute Gasteiger partial charge is 0.348 e. The topological polar surface area (TPSA) is 46.9 Å². The predicted octanol–water partition coefficient (Wildman–Crippen LogP) is 0.966. The van der Waals surface area contributed by atoms with E-state index in [2.05, 4.69) is 10.4 Å². The minimum absolute atomic E-state index is 0.173. The molecule has 1 fully saturated rings. The van der Waals surface area contributed by atoms with Crippen LogP contribution < -0.4 is 5.32 Å². The van der Waals surface area contributed by atoms with Crippen LogP contribution in [0, 0.1) is 0 Å². The van der Waals surface area contributed by atoms with Crippen molar-refractivity contribution in [3.05, 3.63) is 16.9 Å². The van der Waals surface area contributed by atoms with Crippen molar-refractivity contribution in [2.45, 2.75) is 18.9 Å². The fourth-order valence-corrected chi connectivity index (χ4v) is 1.36. The summed E-state index contributed by atoms with van der Waals surface area (Å²) in [6, 6.07) is 0.338. The summed E-state index contributed by atoms with van der Waals surface area (Å²) in [5.41, 5.74) is 0.316. The van der Waals surface area contributed by atoms with E-state index < -0.39 is 0 Å². The molecule has 1 heterocycles. The van der Waals surface area contributed by atoms with E-state index in [1.54, 1.807) is 13.2 Å². The number of halogens is 1. The van der Waals surface area contributed by atoms with Crippen LogP contribution in [0.2, 0.25) is 5.02 Å². The van der Waals surface area contributed by atoms with Crippen LogP contribution in [-0.2, 0) is 7.05 Å². The van der Waals surface area contributed by atoms with Gasteiger partial charge in [-0.05, 0) is 12.8 Å². The Morgan fingerprint density at radius 2 is 2.46 bits per heavy atom. The lowest BCUT2D eigenvalue weighted by Crippen LogP contribution is -2.26. The molecule has 1 aromatic heterocycles. The highest BCUT2D eigenvalue weighted by atomic mass is 35.5. The molecule has 1 amide bonds. The van der Waals surface area contributed by atoms with Crippen LogP contribution in [0.3, 0.4) is 0 Å². The van der Waals surface area contributed by atoms with Crippen molar-refractivity contribution in [2.24, 2.45) is 7.05 Å². The van der Waals surface area contributed by atoms with Crippen LogP contribution in [0.25, 0.3) is 0 Å². The highest BCUT2D eigenvalue weighted by Crippen LogP contribution is 2.20. The van der Waals surface area contributed by atoms with E-state index in [1.165, 1.54) is 4.68 Å². The van der Waals surface area contributed by atoms with Crippen molar-refractivity contribution in [1.82, 2.24) is 15.1 Å². The van der Waals surface area contributed by atoms with E-state index in [4.69, 9.17) is 11.6 Å². The Bertz CT molecular complexity index is 343. The molecule has 1 aliphatic carbocycles. The molecule has 0 aromatic carbocycles. The molecule has 1 aromatic rings. The molecular weight excluding hydrogens is 190 g/mol. The minimum Gasteiger partial charge on any atom is -0.348 e. The van der Waals surface area contributed by atoms with Crippen molar-refractivity contribution >= 4 is 17.5 Å². The van der Waals surface area contributed by atoms with Gasteiger partial charge in [0.2, 0.25) is 0 Å². The summed E-state index contributed by atoms with van der Waals surface area (Å²) in [7, 11) is 1.74. The van der Waals surface area contributed by atoms with Crippen LogP contribution in [0.4, 0.5) is 0 Å². The molecule has 4 nitrogen and oxygen atoms in total. The normalized spacial score (nSPS) is 15.8. The van der Waals surface area contributed by atoms with Gasteiger partial charge in [-0.1, -0.05) is 11.6 Å². The quantitative estimate of drug-likeness (QED) is 0.772. The van der Waals surface area contributed by atoms with E-state index in [0.29, 0.717) is 16.8 Å². The van der Waals surface area contributed by atoms with Crippen molar-refractivity contribution < 1.29 is 4.79 Å². The molecule has 1 aliphatic rings. The van der Waals surface area contributed by atoms with Crippen molar-refractivity contribution in [2.75, 3.05) is 0 Å². The first-order chi connectivity index (χ1) is 6.16. The zero-order valence-electron chi connectivity index (χ0n) is 7.25. The number of carbonyl (C=O) groups excluding carboxylic acids is 1. The summed E-state index contributed by atoms with van der Waals surface area (Å²) in [6.45, 7) is 0. The van der Waals surface area contributed by atoms with Crippen molar-refractivity contribution in [3.8, 4) is 0 Å². The van der Waals surface area contributed by atoms with Crippen LogP contribution >= 0.6 is 11.6 Å². The molecule has 1 saturated carbocycles. The van der Waals surface area contributed by atoms with Crippen LogP contribution in [0.1, 0.15) is 23.3 Å². The number of rotatable bonds is 2. The van der Waals surface area contributed by atoms with Gasteiger partial charge >= 0.3 is 0 Å². The first-order valence-electron chi connectivity index (χ1n) is 4.17. The van der Waals surface area contributed by atoms with E-state index >= 15 is 0 Å². The number of aryl methyl sites for hydroxylation is 1. The number of hydrogen-bond acceptors (Lipinski definition) is 2. The Kier molecular flexibility index (Phi) is 2.00.